The molecule has 1 fully saturated rings. The first-order valence-electron chi connectivity index (χ1n) is 6.90. The van der Waals surface area contributed by atoms with E-state index in [1.807, 2.05) is 24.3 Å². The Morgan fingerprint density at radius 2 is 2.10 bits per heavy atom. The summed E-state index contributed by atoms with van der Waals surface area (Å²) in [7, 11) is 0. The molecule has 0 spiro atoms. The average molecular weight is 276 g/mol. The maximum Gasteiger partial charge on any atom is 0.328 e. The third-order valence-corrected chi connectivity index (χ3v) is 3.41. The summed E-state index contributed by atoms with van der Waals surface area (Å²) in [5.41, 5.74) is 1.90. The third-order valence-electron chi connectivity index (χ3n) is 3.41. The van der Waals surface area contributed by atoms with Crippen LogP contribution < -0.4 is 0 Å². The molecular formula is C16H20O4. The van der Waals surface area contributed by atoms with Gasteiger partial charge in [0.1, 0.15) is 0 Å². The van der Waals surface area contributed by atoms with Gasteiger partial charge in [0.25, 0.3) is 0 Å². The first-order valence-corrected chi connectivity index (χ1v) is 6.90. The number of benzene rings is 1. The van der Waals surface area contributed by atoms with Gasteiger partial charge in [-0.1, -0.05) is 24.3 Å². The summed E-state index contributed by atoms with van der Waals surface area (Å²) in [4.78, 5) is 10.6. The van der Waals surface area contributed by atoms with Crippen LogP contribution in [-0.2, 0) is 20.9 Å². The van der Waals surface area contributed by atoms with Crippen LogP contribution in [0.15, 0.2) is 30.3 Å². The molecule has 0 aromatic heterocycles. The maximum absolute atomic E-state index is 10.6. The summed E-state index contributed by atoms with van der Waals surface area (Å²) < 4.78 is 11.1. The molecule has 0 saturated carbocycles. The van der Waals surface area contributed by atoms with E-state index >= 15 is 0 Å². The van der Waals surface area contributed by atoms with Crippen molar-refractivity contribution in [1.82, 2.24) is 0 Å². The number of hydrogen-bond donors (Lipinski definition) is 1. The van der Waals surface area contributed by atoms with E-state index in [1.54, 1.807) is 6.08 Å². The minimum absolute atomic E-state index is 0.511. The number of carbonyl (C=O) groups is 1. The molecule has 4 heteroatoms. The first kappa shape index (κ1) is 14.8. The zero-order valence-electron chi connectivity index (χ0n) is 11.5. The lowest BCUT2D eigenvalue weighted by atomic mass is 10.0. The lowest BCUT2D eigenvalue weighted by molar-refractivity contribution is -0.131. The molecule has 0 unspecified atom stereocenters. The fraction of sp³-hybridized carbons (Fsp3) is 0.438. The highest BCUT2D eigenvalue weighted by atomic mass is 16.5. The van der Waals surface area contributed by atoms with Crippen molar-refractivity contribution in [3.8, 4) is 0 Å². The molecule has 1 aliphatic heterocycles. The predicted molar refractivity (Wildman–Crippen MR) is 76.3 cm³/mol. The van der Waals surface area contributed by atoms with Crippen LogP contribution in [0.4, 0.5) is 0 Å². The molecule has 1 saturated heterocycles. The number of ether oxygens (including phenoxy) is 2. The fourth-order valence-corrected chi connectivity index (χ4v) is 2.24. The minimum Gasteiger partial charge on any atom is -0.478 e. The highest BCUT2D eigenvalue weighted by Crippen LogP contribution is 2.17. The van der Waals surface area contributed by atoms with Crippen molar-refractivity contribution in [2.24, 2.45) is 5.92 Å². The van der Waals surface area contributed by atoms with Crippen LogP contribution in [0.25, 0.3) is 6.08 Å². The Kier molecular flexibility index (Phi) is 5.77. The molecule has 0 radical (unpaired) electrons. The third kappa shape index (κ3) is 4.79. The van der Waals surface area contributed by atoms with E-state index < -0.39 is 5.97 Å². The summed E-state index contributed by atoms with van der Waals surface area (Å²) in [6.07, 6.45) is 4.87. The molecule has 0 amide bonds. The van der Waals surface area contributed by atoms with Gasteiger partial charge in [-0.2, -0.15) is 0 Å². The van der Waals surface area contributed by atoms with Gasteiger partial charge in [0.05, 0.1) is 13.2 Å². The number of hydrogen-bond acceptors (Lipinski definition) is 3. The van der Waals surface area contributed by atoms with Crippen molar-refractivity contribution in [2.75, 3.05) is 19.8 Å². The first-order chi connectivity index (χ1) is 9.75. The summed E-state index contributed by atoms with van der Waals surface area (Å²) in [6.45, 7) is 2.90. The molecule has 0 atom stereocenters. The minimum atomic E-state index is -0.942. The van der Waals surface area contributed by atoms with E-state index in [-0.39, 0.29) is 0 Å². The van der Waals surface area contributed by atoms with E-state index in [0.29, 0.717) is 12.5 Å². The zero-order valence-corrected chi connectivity index (χ0v) is 11.5. The van der Waals surface area contributed by atoms with E-state index in [4.69, 9.17) is 14.6 Å². The molecule has 1 aliphatic rings. The Morgan fingerprint density at radius 1 is 1.35 bits per heavy atom. The number of aliphatic carboxylic acids is 1. The Bertz CT molecular complexity index is 461. The van der Waals surface area contributed by atoms with Crippen LogP contribution in [0.2, 0.25) is 0 Å². The van der Waals surface area contributed by atoms with Crippen molar-refractivity contribution in [3.05, 3.63) is 41.5 Å². The lowest BCUT2D eigenvalue weighted by Gasteiger charge is -2.21. The van der Waals surface area contributed by atoms with Crippen LogP contribution in [0.5, 0.6) is 0 Å². The Balaban J connectivity index is 1.86. The monoisotopic (exact) mass is 276 g/mol. The maximum atomic E-state index is 10.6. The molecular weight excluding hydrogens is 256 g/mol. The summed E-state index contributed by atoms with van der Waals surface area (Å²) in [5, 5.41) is 8.68. The summed E-state index contributed by atoms with van der Waals surface area (Å²) in [6, 6.07) is 7.69. The van der Waals surface area contributed by atoms with Crippen LogP contribution in [-0.4, -0.2) is 30.9 Å². The molecule has 2 rings (SSSR count). The normalized spacial score (nSPS) is 16.6. The number of rotatable bonds is 6. The molecule has 1 N–H and O–H groups in total. The SMILES string of the molecule is O=C(O)C=Cc1ccccc1COCC1CCOCC1. The predicted octanol–water partition coefficient (Wildman–Crippen LogP) is 2.73. The van der Waals surface area contributed by atoms with E-state index in [2.05, 4.69) is 0 Å². The van der Waals surface area contributed by atoms with Crippen molar-refractivity contribution >= 4 is 12.0 Å². The quantitative estimate of drug-likeness (QED) is 0.812. The number of carboxylic acid groups (broad SMARTS) is 1. The van der Waals surface area contributed by atoms with Gasteiger partial charge in [0, 0.05) is 19.3 Å². The van der Waals surface area contributed by atoms with Gasteiger partial charge in [-0.3, -0.25) is 0 Å². The van der Waals surface area contributed by atoms with Gasteiger partial charge < -0.3 is 14.6 Å². The van der Waals surface area contributed by atoms with Crippen molar-refractivity contribution in [3.63, 3.8) is 0 Å². The Labute approximate surface area is 119 Å². The molecule has 108 valence electrons. The van der Waals surface area contributed by atoms with Gasteiger partial charge in [-0.25, -0.2) is 4.79 Å². The van der Waals surface area contributed by atoms with Crippen LogP contribution >= 0.6 is 0 Å². The summed E-state index contributed by atoms with van der Waals surface area (Å²) in [5.74, 6) is -0.367. The van der Waals surface area contributed by atoms with Crippen LogP contribution in [0.3, 0.4) is 0 Å². The van der Waals surface area contributed by atoms with Crippen molar-refractivity contribution < 1.29 is 19.4 Å². The van der Waals surface area contributed by atoms with Crippen molar-refractivity contribution in [2.45, 2.75) is 19.4 Å². The second-order valence-electron chi connectivity index (χ2n) is 4.94. The molecule has 4 nitrogen and oxygen atoms in total. The van der Waals surface area contributed by atoms with E-state index in [9.17, 15) is 4.79 Å². The number of carboxylic acids is 1. The topological polar surface area (TPSA) is 55.8 Å². The Hall–Kier alpha value is -1.65. The second-order valence-corrected chi connectivity index (χ2v) is 4.94. The summed E-state index contributed by atoms with van der Waals surface area (Å²) >= 11 is 0. The van der Waals surface area contributed by atoms with E-state index in [1.165, 1.54) is 0 Å². The highest BCUT2D eigenvalue weighted by molar-refractivity contribution is 5.85. The molecule has 1 aromatic rings. The average Bonchev–Trinajstić information content (AvgIpc) is 2.47. The highest BCUT2D eigenvalue weighted by Gasteiger charge is 2.13. The van der Waals surface area contributed by atoms with Gasteiger partial charge in [0.15, 0.2) is 0 Å². The second kappa shape index (κ2) is 7.82. The molecule has 0 bridgehead atoms. The largest absolute Gasteiger partial charge is 0.478 e. The standard InChI is InChI=1S/C16H20O4/c17-16(18)6-5-14-3-1-2-4-15(14)12-20-11-13-7-9-19-10-8-13/h1-6,13H,7-12H2,(H,17,18). The van der Waals surface area contributed by atoms with Crippen molar-refractivity contribution in [1.29, 1.82) is 0 Å². The fourth-order valence-electron chi connectivity index (χ4n) is 2.24. The molecule has 0 aliphatic carbocycles. The van der Waals surface area contributed by atoms with Gasteiger partial charge in [-0.15, -0.1) is 0 Å². The Morgan fingerprint density at radius 3 is 2.85 bits per heavy atom. The van der Waals surface area contributed by atoms with Crippen LogP contribution in [0, 0.1) is 5.92 Å². The van der Waals surface area contributed by atoms with Gasteiger partial charge >= 0.3 is 5.97 Å². The molecule has 20 heavy (non-hydrogen) atoms. The van der Waals surface area contributed by atoms with Gasteiger partial charge in [0.2, 0.25) is 0 Å². The van der Waals surface area contributed by atoms with E-state index in [0.717, 1.165) is 49.9 Å². The van der Waals surface area contributed by atoms with Crippen LogP contribution in [0.1, 0.15) is 24.0 Å². The smallest absolute Gasteiger partial charge is 0.328 e. The molecule has 1 aromatic carbocycles. The van der Waals surface area contributed by atoms with Gasteiger partial charge in [-0.05, 0) is 36.0 Å². The zero-order chi connectivity index (χ0) is 14.2. The lowest BCUT2D eigenvalue weighted by Crippen LogP contribution is -2.20. The molecule has 1 heterocycles.